The molecule has 0 aromatic heterocycles. The first-order chi connectivity index (χ1) is 7.16. The largest absolute Gasteiger partial charge is 0.387 e. The minimum absolute atomic E-state index is 0.303. The van der Waals surface area contributed by atoms with Crippen LogP contribution >= 0.6 is 0 Å². The monoisotopic (exact) mass is 210 g/mol. The maximum Gasteiger partial charge on any atom is 0.105 e. The molecule has 0 spiro atoms. The Hall–Kier alpha value is -0.610. The third kappa shape index (κ3) is 2.49. The van der Waals surface area contributed by atoms with E-state index >= 15 is 0 Å². The lowest BCUT2D eigenvalue weighted by Crippen LogP contribution is -2.53. The van der Waals surface area contributed by atoms with Crippen LogP contribution in [0.1, 0.15) is 19.3 Å². The maximum atomic E-state index is 7.33. The number of nitrogens with one attached hydrogen (secondary N) is 1. The number of nitrogens with two attached hydrogens (primary N) is 1. The van der Waals surface area contributed by atoms with E-state index in [0.29, 0.717) is 12.4 Å². The number of likely N-dealkylation sites (tertiary alicyclic amines) is 2. The van der Waals surface area contributed by atoms with Crippen molar-refractivity contribution in [2.24, 2.45) is 11.7 Å². The maximum absolute atomic E-state index is 7.33. The molecule has 0 saturated carbocycles. The summed E-state index contributed by atoms with van der Waals surface area (Å²) in [6.07, 6.45) is 3.92. The Labute approximate surface area is 91.9 Å². The average molecular weight is 210 g/mol. The first-order valence-electron chi connectivity index (χ1n) is 5.92. The van der Waals surface area contributed by atoms with E-state index in [1.165, 1.54) is 25.8 Å². The van der Waals surface area contributed by atoms with Crippen LogP contribution in [0.4, 0.5) is 0 Å². The van der Waals surface area contributed by atoms with E-state index in [2.05, 4.69) is 16.8 Å². The summed E-state index contributed by atoms with van der Waals surface area (Å²) in [4.78, 5) is 4.85. The minimum atomic E-state index is 0.303. The van der Waals surface area contributed by atoms with Crippen LogP contribution < -0.4 is 5.73 Å². The van der Waals surface area contributed by atoms with Gasteiger partial charge in [-0.15, -0.1) is 0 Å². The van der Waals surface area contributed by atoms with E-state index in [1.54, 1.807) is 0 Å². The number of fused-ring (bicyclic) bond motifs is 1. The first-order valence-corrected chi connectivity index (χ1v) is 5.92. The third-order valence-electron chi connectivity index (χ3n) is 3.82. The SMILES string of the molecule is CN1CCCC2CN(CC(=N)N)CCC21. The van der Waals surface area contributed by atoms with Crippen LogP contribution in [-0.2, 0) is 0 Å². The highest BCUT2D eigenvalue weighted by Crippen LogP contribution is 2.29. The molecule has 0 radical (unpaired) electrons. The van der Waals surface area contributed by atoms with E-state index in [1.807, 2.05) is 0 Å². The van der Waals surface area contributed by atoms with Gasteiger partial charge in [0.2, 0.25) is 0 Å². The van der Waals surface area contributed by atoms with Crippen molar-refractivity contribution >= 4 is 5.84 Å². The lowest BCUT2D eigenvalue weighted by molar-refractivity contribution is 0.0447. The van der Waals surface area contributed by atoms with Crippen LogP contribution in [-0.4, -0.2) is 54.9 Å². The molecule has 2 aliphatic heterocycles. The molecule has 0 bridgehead atoms. The van der Waals surface area contributed by atoms with Crippen molar-refractivity contribution in [3.05, 3.63) is 0 Å². The molecule has 3 N–H and O–H groups in total. The number of hydrogen-bond acceptors (Lipinski definition) is 3. The molecule has 0 aromatic rings. The molecule has 2 saturated heterocycles. The highest BCUT2D eigenvalue weighted by atomic mass is 15.2. The molecule has 0 aromatic carbocycles. The molecule has 86 valence electrons. The lowest BCUT2D eigenvalue weighted by Gasteiger charge is -2.45. The second-order valence-corrected chi connectivity index (χ2v) is 5.00. The van der Waals surface area contributed by atoms with Crippen LogP contribution in [0.2, 0.25) is 0 Å². The highest BCUT2D eigenvalue weighted by Gasteiger charge is 2.33. The Morgan fingerprint density at radius 1 is 1.40 bits per heavy atom. The van der Waals surface area contributed by atoms with Gasteiger partial charge in [-0.2, -0.15) is 0 Å². The van der Waals surface area contributed by atoms with Crippen molar-refractivity contribution in [3.63, 3.8) is 0 Å². The van der Waals surface area contributed by atoms with Gasteiger partial charge in [-0.3, -0.25) is 10.3 Å². The van der Waals surface area contributed by atoms with E-state index in [0.717, 1.165) is 25.0 Å². The zero-order valence-electron chi connectivity index (χ0n) is 9.58. The Balaban J connectivity index is 1.91. The van der Waals surface area contributed by atoms with Crippen molar-refractivity contribution < 1.29 is 0 Å². The molecule has 2 fully saturated rings. The van der Waals surface area contributed by atoms with Gasteiger partial charge in [0.05, 0.1) is 6.54 Å². The summed E-state index contributed by atoms with van der Waals surface area (Å²) in [5, 5.41) is 7.33. The highest BCUT2D eigenvalue weighted by molar-refractivity contribution is 5.78. The average Bonchev–Trinajstić information content (AvgIpc) is 2.17. The Morgan fingerprint density at radius 2 is 2.20 bits per heavy atom. The van der Waals surface area contributed by atoms with Gasteiger partial charge < -0.3 is 10.6 Å². The number of nitrogens with zero attached hydrogens (tertiary/aromatic N) is 2. The van der Waals surface area contributed by atoms with E-state index in [9.17, 15) is 0 Å². The summed E-state index contributed by atoms with van der Waals surface area (Å²) < 4.78 is 0. The molecule has 0 amide bonds. The van der Waals surface area contributed by atoms with Crippen LogP contribution in [0, 0.1) is 11.3 Å². The molecule has 2 aliphatic rings. The van der Waals surface area contributed by atoms with Gasteiger partial charge in [0, 0.05) is 19.1 Å². The van der Waals surface area contributed by atoms with E-state index in [4.69, 9.17) is 11.1 Å². The summed E-state index contributed by atoms with van der Waals surface area (Å²) in [6.45, 7) is 4.15. The molecule has 0 aliphatic carbocycles. The molecule has 15 heavy (non-hydrogen) atoms. The summed E-state index contributed by atoms with van der Waals surface area (Å²) in [6, 6.07) is 0.780. The Bertz CT molecular complexity index is 241. The summed E-state index contributed by atoms with van der Waals surface area (Å²) in [5.74, 6) is 1.11. The smallest absolute Gasteiger partial charge is 0.105 e. The minimum Gasteiger partial charge on any atom is -0.387 e. The molecule has 2 rings (SSSR count). The fraction of sp³-hybridized carbons (Fsp3) is 0.909. The molecule has 2 heterocycles. The summed E-state index contributed by atoms with van der Waals surface area (Å²) in [7, 11) is 2.25. The van der Waals surface area contributed by atoms with Gasteiger partial charge in [-0.05, 0) is 38.8 Å². The molecule has 2 unspecified atom stereocenters. The van der Waals surface area contributed by atoms with Crippen molar-refractivity contribution in [1.82, 2.24) is 9.80 Å². The van der Waals surface area contributed by atoms with Gasteiger partial charge in [-0.1, -0.05) is 0 Å². The lowest BCUT2D eigenvalue weighted by atomic mass is 9.84. The van der Waals surface area contributed by atoms with Crippen molar-refractivity contribution in [3.8, 4) is 0 Å². The van der Waals surface area contributed by atoms with Crippen LogP contribution in [0.25, 0.3) is 0 Å². The van der Waals surface area contributed by atoms with Crippen molar-refractivity contribution in [2.75, 3.05) is 33.2 Å². The van der Waals surface area contributed by atoms with Gasteiger partial charge in [0.15, 0.2) is 0 Å². The second-order valence-electron chi connectivity index (χ2n) is 5.00. The fourth-order valence-electron chi connectivity index (χ4n) is 3.11. The summed E-state index contributed by atoms with van der Waals surface area (Å²) in [5.41, 5.74) is 5.45. The van der Waals surface area contributed by atoms with Gasteiger partial charge in [0.25, 0.3) is 0 Å². The Kier molecular flexibility index (Phi) is 3.26. The van der Waals surface area contributed by atoms with Crippen LogP contribution in [0.3, 0.4) is 0 Å². The zero-order chi connectivity index (χ0) is 10.8. The predicted molar refractivity (Wildman–Crippen MR) is 62.1 cm³/mol. The topological polar surface area (TPSA) is 56.4 Å². The molecule has 2 atom stereocenters. The van der Waals surface area contributed by atoms with Gasteiger partial charge >= 0.3 is 0 Å². The fourth-order valence-corrected chi connectivity index (χ4v) is 3.11. The third-order valence-corrected chi connectivity index (χ3v) is 3.82. The van der Waals surface area contributed by atoms with Crippen molar-refractivity contribution in [1.29, 1.82) is 5.41 Å². The normalized spacial score (nSPS) is 33.7. The number of rotatable bonds is 2. The number of hydrogen-bond donors (Lipinski definition) is 2. The van der Waals surface area contributed by atoms with Gasteiger partial charge in [0.1, 0.15) is 5.84 Å². The standard InChI is InChI=1S/C11H22N4/c1-14-5-2-3-9-7-15(8-11(12)13)6-4-10(9)14/h9-10H,2-8H2,1H3,(H3,12,13). The quantitative estimate of drug-likeness (QED) is 0.510. The zero-order valence-corrected chi connectivity index (χ0v) is 9.58. The predicted octanol–water partition coefficient (Wildman–Crippen LogP) is 0.338. The number of amidine groups is 1. The van der Waals surface area contributed by atoms with Crippen LogP contribution in [0.15, 0.2) is 0 Å². The molecular formula is C11H22N4. The molecule has 4 nitrogen and oxygen atoms in total. The Morgan fingerprint density at radius 3 is 2.93 bits per heavy atom. The van der Waals surface area contributed by atoms with E-state index in [-0.39, 0.29) is 0 Å². The summed E-state index contributed by atoms with van der Waals surface area (Å²) >= 11 is 0. The first kappa shape index (κ1) is 10.9. The van der Waals surface area contributed by atoms with Crippen molar-refractivity contribution in [2.45, 2.75) is 25.3 Å². The number of piperidine rings is 2. The molecular weight excluding hydrogens is 188 g/mol. The van der Waals surface area contributed by atoms with E-state index < -0.39 is 0 Å². The molecule has 4 heteroatoms. The second kappa shape index (κ2) is 4.49. The van der Waals surface area contributed by atoms with Gasteiger partial charge in [-0.25, -0.2) is 0 Å². The van der Waals surface area contributed by atoms with Crippen LogP contribution in [0.5, 0.6) is 0 Å².